The van der Waals surface area contributed by atoms with E-state index in [0.29, 0.717) is 28.6 Å². The van der Waals surface area contributed by atoms with Gasteiger partial charge in [-0.2, -0.15) is 0 Å². The molecule has 41 heavy (non-hydrogen) atoms. The van der Waals surface area contributed by atoms with E-state index in [0.717, 1.165) is 67.0 Å². The molecule has 0 amide bonds. The number of H-pyrrole nitrogens is 1. The summed E-state index contributed by atoms with van der Waals surface area (Å²) in [6, 6.07) is 13.4. The lowest BCUT2D eigenvalue weighted by Gasteiger charge is -2.36. The van der Waals surface area contributed by atoms with Crippen molar-refractivity contribution in [3.05, 3.63) is 64.9 Å². The number of benzene rings is 2. The van der Waals surface area contributed by atoms with Crippen LogP contribution < -0.4 is 10.1 Å². The average Bonchev–Trinajstić information content (AvgIpc) is 3.62. The van der Waals surface area contributed by atoms with Crippen LogP contribution in [0.3, 0.4) is 0 Å². The molecule has 214 valence electrons. The molecule has 2 aliphatic heterocycles. The van der Waals surface area contributed by atoms with E-state index in [2.05, 4.69) is 43.3 Å². The van der Waals surface area contributed by atoms with Gasteiger partial charge in [0, 0.05) is 60.1 Å². The van der Waals surface area contributed by atoms with Gasteiger partial charge in [0.05, 0.1) is 30.1 Å². The summed E-state index contributed by atoms with van der Waals surface area (Å²) >= 11 is 6.60. The van der Waals surface area contributed by atoms with Gasteiger partial charge in [0.25, 0.3) is 0 Å². The summed E-state index contributed by atoms with van der Waals surface area (Å²) in [7, 11) is 1.66. The number of β-amino-alcohol motifs (C(OH)–C–C–N with tert-alkyl or cyclic N) is 1. The molecule has 8 nitrogen and oxygen atoms in total. The summed E-state index contributed by atoms with van der Waals surface area (Å²) in [6.07, 6.45) is 9.22. The molecule has 4 heterocycles. The highest BCUT2D eigenvalue weighted by molar-refractivity contribution is 6.33. The number of aliphatic hydroxyl groups excluding tert-OH is 1. The lowest BCUT2D eigenvalue weighted by molar-refractivity contribution is 0.106. The van der Waals surface area contributed by atoms with Gasteiger partial charge in [0.15, 0.2) is 0 Å². The zero-order valence-electron chi connectivity index (χ0n) is 23.4. The van der Waals surface area contributed by atoms with Crippen LogP contribution >= 0.6 is 11.6 Å². The quantitative estimate of drug-likeness (QED) is 0.241. The molecule has 1 saturated carbocycles. The molecular formula is C32H37ClN6O2. The summed E-state index contributed by atoms with van der Waals surface area (Å²) in [5.41, 5.74) is 6.32. The SMILES string of the molecule is COc1ccc2c(-c3nc(Nc4cc(CN5CCC(N6CC[C@H](O)C6)CC5)cc(C5CC5)c4)ncc3Cl)c[nH]c2c1. The normalized spacial score (nSPS) is 20.6. The third-order valence-corrected chi connectivity index (χ3v) is 9.16. The molecule has 1 atom stereocenters. The number of nitrogens with zero attached hydrogens (tertiary/aromatic N) is 4. The van der Waals surface area contributed by atoms with Crippen LogP contribution in [0.2, 0.25) is 5.02 Å². The van der Waals surface area contributed by atoms with Gasteiger partial charge in [-0.15, -0.1) is 0 Å². The predicted octanol–water partition coefficient (Wildman–Crippen LogP) is 5.94. The highest BCUT2D eigenvalue weighted by Gasteiger charge is 2.30. The summed E-state index contributed by atoms with van der Waals surface area (Å²) in [4.78, 5) is 17.7. The molecule has 2 saturated heterocycles. The Hall–Kier alpha value is -3.17. The molecule has 2 aromatic carbocycles. The Morgan fingerprint density at radius 3 is 2.68 bits per heavy atom. The van der Waals surface area contributed by atoms with Gasteiger partial charge in [0.2, 0.25) is 5.95 Å². The summed E-state index contributed by atoms with van der Waals surface area (Å²) in [6.45, 7) is 5.00. The van der Waals surface area contributed by atoms with Gasteiger partial charge in [-0.25, -0.2) is 9.97 Å². The van der Waals surface area contributed by atoms with Crippen LogP contribution in [0.4, 0.5) is 11.6 Å². The zero-order valence-corrected chi connectivity index (χ0v) is 24.2. The number of anilines is 2. The molecule has 7 rings (SSSR count). The lowest BCUT2D eigenvalue weighted by atomic mass is 10.0. The van der Waals surface area contributed by atoms with Gasteiger partial charge in [-0.3, -0.25) is 9.80 Å². The number of likely N-dealkylation sites (tertiary alicyclic amines) is 2. The first-order valence-electron chi connectivity index (χ1n) is 14.8. The van der Waals surface area contributed by atoms with Gasteiger partial charge in [-0.1, -0.05) is 17.7 Å². The third-order valence-electron chi connectivity index (χ3n) is 8.88. The molecule has 1 aliphatic carbocycles. The van der Waals surface area contributed by atoms with Crippen LogP contribution in [0.15, 0.2) is 48.8 Å². The van der Waals surface area contributed by atoms with Gasteiger partial charge in [-0.05, 0) is 86.5 Å². The number of ether oxygens (including phenoxy) is 1. The summed E-state index contributed by atoms with van der Waals surface area (Å²) < 4.78 is 5.37. The number of fused-ring (bicyclic) bond motifs is 1. The summed E-state index contributed by atoms with van der Waals surface area (Å²) in [5, 5.41) is 15.0. The van der Waals surface area contributed by atoms with E-state index in [4.69, 9.17) is 21.3 Å². The molecule has 2 aromatic heterocycles. The molecule has 3 fully saturated rings. The summed E-state index contributed by atoms with van der Waals surface area (Å²) in [5.74, 6) is 1.97. The van der Waals surface area contributed by atoms with Crippen LogP contribution in [-0.2, 0) is 6.54 Å². The Balaban J connectivity index is 1.09. The van der Waals surface area contributed by atoms with E-state index in [1.165, 1.54) is 36.8 Å². The standard InChI is InChI=1S/C32H37ClN6O2/c1-41-26-4-5-27-28(16-34-30(27)15-26)31-29(33)17-35-32(37-31)36-23-13-20(12-22(14-23)21-2-3-21)18-38-9-6-24(7-10-38)39-11-8-25(40)19-39/h4-5,12-17,21,24-25,34,40H,2-3,6-11,18-19H2,1H3,(H,35,36,37)/t25-/m0/s1. The number of rotatable bonds is 8. The van der Waals surface area contributed by atoms with E-state index in [1.807, 2.05) is 24.4 Å². The molecule has 4 aromatic rings. The van der Waals surface area contributed by atoms with Gasteiger partial charge >= 0.3 is 0 Å². The van der Waals surface area contributed by atoms with Crippen molar-refractivity contribution in [1.82, 2.24) is 24.8 Å². The first-order valence-corrected chi connectivity index (χ1v) is 15.1. The molecule has 0 bridgehead atoms. The Morgan fingerprint density at radius 1 is 1.07 bits per heavy atom. The van der Waals surface area contributed by atoms with E-state index >= 15 is 0 Å². The van der Waals surface area contributed by atoms with E-state index in [-0.39, 0.29) is 6.10 Å². The molecule has 3 aliphatic rings. The maximum absolute atomic E-state index is 9.94. The van der Waals surface area contributed by atoms with Gasteiger partial charge in [0.1, 0.15) is 5.75 Å². The average molecular weight is 573 g/mol. The fourth-order valence-corrected chi connectivity index (χ4v) is 6.70. The highest BCUT2D eigenvalue weighted by Crippen LogP contribution is 2.42. The number of nitrogens with one attached hydrogen (secondary N) is 2. The Morgan fingerprint density at radius 2 is 1.93 bits per heavy atom. The number of aromatic amines is 1. The second-order valence-electron chi connectivity index (χ2n) is 11.8. The fourth-order valence-electron chi connectivity index (χ4n) is 6.51. The number of aromatic nitrogens is 3. The van der Waals surface area contributed by atoms with Gasteiger partial charge < -0.3 is 20.1 Å². The first-order chi connectivity index (χ1) is 20.0. The van der Waals surface area contributed by atoms with Crippen molar-refractivity contribution in [1.29, 1.82) is 0 Å². The van der Waals surface area contributed by atoms with Crippen LogP contribution in [0.5, 0.6) is 5.75 Å². The molecule has 0 radical (unpaired) electrons. The number of hydrogen-bond donors (Lipinski definition) is 3. The fraction of sp³-hybridized carbons (Fsp3) is 0.438. The van der Waals surface area contributed by atoms with Crippen molar-refractivity contribution in [2.45, 2.75) is 56.7 Å². The topological polar surface area (TPSA) is 89.5 Å². The number of piperidine rings is 1. The van der Waals surface area contributed by atoms with Crippen molar-refractivity contribution < 1.29 is 9.84 Å². The smallest absolute Gasteiger partial charge is 0.227 e. The zero-order chi connectivity index (χ0) is 27.9. The Kier molecular flexibility index (Phi) is 7.33. The number of methoxy groups -OCH3 is 1. The molecule has 0 spiro atoms. The largest absolute Gasteiger partial charge is 0.497 e. The monoisotopic (exact) mass is 572 g/mol. The predicted molar refractivity (Wildman–Crippen MR) is 163 cm³/mol. The maximum Gasteiger partial charge on any atom is 0.227 e. The third kappa shape index (κ3) is 5.79. The molecule has 0 unspecified atom stereocenters. The van der Waals surface area contributed by atoms with Crippen molar-refractivity contribution in [2.75, 3.05) is 38.6 Å². The Labute approximate surface area is 245 Å². The van der Waals surface area contributed by atoms with Crippen molar-refractivity contribution in [3.63, 3.8) is 0 Å². The molecule has 9 heteroatoms. The number of aliphatic hydroxyl groups is 1. The van der Waals surface area contributed by atoms with Crippen molar-refractivity contribution in [2.24, 2.45) is 0 Å². The van der Waals surface area contributed by atoms with E-state index in [9.17, 15) is 5.11 Å². The van der Waals surface area contributed by atoms with Crippen LogP contribution in [0, 0.1) is 0 Å². The number of halogens is 1. The Bertz CT molecular complexity index is 1540. The minimum Gasteiger partial charge on any atom is -0.497 e. The van der Waals surface area contributed by atoms with E-state index < -0.39 is 0 Å². The van der Waals surface area contributed by atoms with Crippen molar-refractivity contribution in [3.8, 4) is 17.0 Å². The maximum atomic E-state index is 9.94. The second-order valence-corrected chi connectivity index (χ2v) is 12.2. The lowest BCUT2D eigenvalue weighted by Crippen LogP contribution is -2.44. The highest BCUT2D eigenvalue weighted by atomic mass is 35.5. The molecule has 3 N–H and O–H groups in total. The van der Waals surface area contributed by atoms with Crippen LogP contribution in [-0.4, -0.2) is 75.3 Å². The van der Waals surface area contributed by atoms with Crippen molar-refractivity contribution >= 4 is 34.1 Å². The van der Waals surface area contributed by atoms with Crippen LogP contribution in [0.1, 0.15) is 49.1 Å². The minimum absolute atomic E-state index is 0.142. The molecular weight excluding hydrogens is 536 g/mol. The van der Waals surface area contributed by atoms with E-state index in [1.54, 1.807) is 13.3 Å². The minimum atomic E-state index is -0.142. The van der Waals surface area contributed by atoms with Crippen LogP contribution in [0.25, 0.3) is 22.2 Å². The number of hydrogen-bond acceptors (Lipinski definition) is 7. The second kappa shape index (κ2) is 11.2. The first kappa shape index (κ1) is 26.7.